The van der Waals surface area contributed by atoms with Crippen molar-refractivity contribution in [3.05, 3.63) is 29.8 Å². The van der Waals surface area contributed by atoms with E-state index in [1.54, 1.807) is 0 Å². The molecule has 1 aromatic rings. The van der Waals surface area contributed by atoms with Crippen molar-refractivity contribution < 1.29 is 89.3 Å². The standard InChI is InChI=1S/C17H9F17O3/c18-7(9(20)21)8(19)12(23,24)14(27,28)16(31,32)17(33,34)15(29,30)13(25,26)11(22)37-10(36)5-3-1-2-4-6(5)35/h1-4,7-9,11,35H. The van der Waals surface area contributed by atoms with Crippen LogP contribution in [0.25, 0.3) is 0 Å². The second kappa shape index (κ2) is 9.88. The molecule has 214 valence electrons. The summed E-state index contributed by atoms with van der Waals surface area (Å²) in [6.45, 7) is 0. The molecule has 0 spiro atoms. The van der Waals surface area contributed by atoms with Gasteiger partial charge in [-0.1, -0.05) is 12.1 Å². The minimum absolute atomic E-state index is 0.441. The number of esters is 1. The summed E-state index contributed by atoms with van der Waals surface area (Å²) < 4.78 is 230. The highest BCUT2D eigenvalue weighted by Crippen LogP contribution is 2.61. The molecule has 0 radical (unpaired) electrons. The summed E-state index contributed by atoms with van der Waals surface area (Å²) in [6.07, 6.45) is -21.3. The van der Waals surface area contributed by atoms with E-state index >= 15 is 0 Å². The van der Waals surface area contributed by atoms with E-state index in [0.29, 0.717) is 12.1 Å². The Hall–Kier alpha value is -2.70. The maximum absolute atomic E-state index is 13.7. The number of carbonyl (C=O) groups excluding carboxylic acids is 1. The molecule has 3 nitrogen and oxygen atoms in total. The Labute approximate surface area is 192 Å². The van der Waals surface area contributed by atoms with Crippen molar-refractivity contribution in [3.63, 3.8) is 0 Å². The Morgan fingerprint density at radius 3 is 1.49 bits per heavy atom. The molecule has 37 heavy (non-hydrogen) atoms. The van der Waals surface area contributed by atoms with Crippen LogP contribution in [0, 0.1) is 0 Å². The zero-order valence-corrected chi connectivity index (χ0v) is 16.8. The van der Waals surface area contributed by atoms with Crippen LogP contribution in [0.4, 0.5) is 74.6 Å². The molecule has 3 atom stereocenters. The van der Waals surface area contributed by atoms with Gasteiger partial charge in [-0.25, -0.2) is 22.4 Å². The number of para-hydroxylation sites is 1. The van der Waals surface area contributed by atoms with Crippen molar-refractivity contribution in [3.8, 4) is 5.75 Å². The minimum Gasteiger partial charge on any atom is -0.507 e. The van der Waals surface area contributed by atoms with Gasteiger partial charge in [-0.2, -0.15) is 57.1 Å². The molecule has 3 unspecified atom stereocenters. The van der Waals surface area contributed by atoms with Crippen LogP contribution in [0.1, 0.15) is 10.4 Å². The summed E-state index contributed by atoms with van der Waals surface area (Å²) in [5.74, 6) is -52.4. The normalized spacial score (nSPS) is 16.9. The third kappa shape index (κ3) is 4.94. The van der Waals surface area contributed by atoms with Crippen molar-refractivity contribution in [2.75, 3.05) is 0 Å². The monoisotopic (exact) mass is 584 g/mol. The number of benzene rings is 1. The highest BCUT2D eigenvalue weighted by Gasteiger charge is 2.92. The Morgan fingerprint density at radius 2 is 1.08 bits per heavy atom. The Kier molecular flexibility index (Phi) is 8.63. The fraction of sp³-hybridized carbons (Fsp3) is 0.588. The van der Waals surface area contributed by atoms with E-state index in [1.165, 1.54) is 0 Å². The number of hydrogen-bond donors (Lipinski definition) is 1. The molecule has 1 aromatic carbocycles. The number of phenolic OH excluding ortho intramolecular Hbond substituents is 1. The van der Waals surface area contributed by atoms with E-state index < -0.39 is 77.9 Å². The number of aromatic hydroxyl groups is 1. The largest absolute Gasteiger partial charge is 0.507 e. The van der Waals surface area contributed by atoms with Crippen LogP contribution in [0.3, 0.4) is 0 Å². The van der Waals surface area contributed by atoms with Crippen LogP contribution in [-0.4, -0.2) is 71.7 Å². The summed E-state index contributed by atoms with van der Waals surface area (Å²) in [5, 5.41) is 9.24. The highest BCUT2D eigenvalue weighted by atomic mass is 19.4. The van der Waals surface area contributed by atoms with Crippen LogP contribution in [-0.2, 0) is 4.74 Å². The van der Waals surface area contributed by atoms with E-state index in [2.05, 4.69) is 4.74 Å². The molecule has 0 aliphatic carbocycles. The SMILES string of the molecule is O=C(OC(F)C(F)(F)C(F)(F)C(F)(F)C(F)(F)C(F)(F)C(F)(F)C(F)C(F)C(F)F)c1ccccc1O. The molecule has 0 saturated heterocycles. The number of rotatable bonds is 11. The van der Waals surface area contributed by atoms with Gasteiger partial charge in [-0.05, 0) is 12.1 Å². The smallest absolute Gasteiger partial charge is 0.385 e. The van der Waals surface area contributed by atoms with Gasteiger partial charge >= 0.3 is 47.9 Å². The predicted molar refractivity (Wildman–Crippen MR) is 83.9 cm³/mol. The van der Waals surface area contributed by atoms with Gasteiger partial charge in [0.15, 0.2) is 6.17 Å². The molecule has 0 aliphatic heterocycles. The number of carbonyl (C=O) groups is 1. The van der Waals surface area contributed by atoms with Crippen molar-refractivity contribution in [2.45, 2.75) is 60.7 Å². The summed E-state index contributed by atoms with van der Waals surface area (Å²) in [5.41, 5.74) is -1.30. The van der Waals surface area contributed by atoms with Gasteiger partial charge in [0.2, 0.25) is 6.17 Å². The first-order valence-electron chi connectivity index (χ1n) is 8.80. The number of alkyl halides is 17. The van der Waals surface area contributed by atoms with Crippen molar-refractivity contribution in [2.24, 2.45) is 0 Å². The van der Waals surface area contributed by atoms with Gasteiger partial charge < -0.3 is 9.84 Å². The number of hydrogen-bond acceptors (Lipinski definition) is 3. The minimum atomic E-state index is -8.54. The molecule has 0 aliphatic rings. The zero-order valence-electron chi connectivity index (χ0n) is 16.8. The predicted octanol–water partition coefficient (Wildman–Crippen LogP) is 6.60. The quantitative estimate of drug-likeness (QED) is 0.236. The van der Waals surface area contributed by atoms with E-state index in [9.17, 15) is 84.5 Å². The van der Waals surface area contributed by atoms with Crippen LogP contribution < -0.4 is 0 Å². The first kappa shape index (κ1) is 32.3. The van der Waals surface area contributed by atoms with Gasteiger partial charge in [0.25, 0.3) is 6.43 Å². The fourth-order valence-corrected chi connectivity index (χ4v) is 2.33. The fourth-order valence-electron chi connectivity index (χ4n) is 2.33. The maximum atomic E-state index is 13.7. The van der Waals surface area contributed by atoms with E-state index in [4.69, 9.17) is 0 Å². The Bertz CT molecular complexity index is 964. The van der Waals surface area contributed by atoms with Crippen LogP contribution in [0.5, 0.6) is 5.75 Å². The van der Waals surface area contributed by atoms with Gasteiger partial charge in [0.05, 0.1) is 0 Å². The van der Waals surface area contributed by atoms with Crippen molar-refractivity contribution in [1.29, 1.82) is 0 Å². The third-order valence-electron chi connectivity index (χ3n) is 4.51. The van der Waals surface area contributed by atoms with Gasteiger partial charge in [0.1, 0.15) is 11.3 Å². The Morgan fingerprint density at radius 1 is 0.676 bits per heavy atom. The highest BCUT2D eigenvalue weighted by molar-refractivity contribution is 5.92. The molecule has 20 heteroatoms. The zero-order chi connectivity index (χ0) is 29.6. The van der Waals surface area contributed by atoms with Gasteiger partial charge in [-0.15, -0.1) is 0 Å². The lowest BCUT2D eigenvalue weighted by molar-refractivity contribution is -0.439. The third-order valence-corrected chi connectivity index (χ3v) is 4.51. The summed E-state index contributed by atoms with van der Waals surface area (Å²) >= 11 is 0. The molecule has 0 heterocycles. The van der Waals surface area contributed by atoms with E-state index in [1.807, 2.05) is 0 Å². The summed E-state index contributed by atoms with van der Waals surface area (Å²) in [4.78, 5) is 11.5. The maximum Gasteiger partial charge on any atom is 0.385 e. The first-order chi connectivity index (χ1) is 16.3. The molecular formula is C17H9F17O3. The molecule has 0 saturated carbocycles. The first-order valence-corrected chi connectivity index (χ1v) is 8.80. The lowest BCUT2D eigenvalue weighted by atomic mass is 9.89. The van der Waals surface area contributed by atoms with Gasteiger partial charge in [-0.3, -0.25) is 0 Å². The molecule has 0 aromatic heterocycles. The lowest BCUT2D eigenvalue weighted by Gasteiger charge is -2.42. The average molecular weight is 584 g/mol. The molecular weight excluding hydrogens is 575 g/mol. The van der Waals surface area contributed by atoms with Gasteiger partial charge in [0, 0.05) is 0 Å². The van der Waals surface area contributed by atoms with Crippen molar-refractivity contribution >= 4 is 5.97 Å². The second-order valence-electron chi connectivity index (χ2n) is 6.96. The van der Waals surface area contributed by atoms with E-state index in [0.717, 1.165) is 12.1 Å². The molecule has 0 bridgehead atoms. The molecule has 1 N–H and O–H groups in total. The van der Waals surface area contributed by atoms with Crippen LogP contribution >= 0.6 is 0 Å². The van der Waals surface area contributed by atoms with E-state index in [-0.39, 0.29) is 0 Å². The summed E-state index contributed by atoms with van der Waals surface area (Å²) in [7, 11) is 0. The molecule has 1 rings (SSSR count). The summed E-state index contributed by atoms with van der Waals surface area (Å²) in [6, 6.07) is 2.77. The Balaban J connectivity index is 3.46. The van der Waals surface area contributed by atoms with Crippen molar-refractivity contribution in [1.82, 2.24) is 0 Å². The van der Waals surface area contributed by atoms with Crippen LogP contribution in [0.15, 0.2) is 24.3 Å². The topological polar surface area (TPSA) is 46.5 Å². The number of ether oxygens (including phenoxy) is 1. The van der Waals surface area contributed by atoms with Crippen LogP contribution in [0.2, 0.25) is 0 Å². The average Bonchev–Trinajstić information content (AvgIpc) is 2.77. The second-order valence-corrected chi connectivity index (χ2v) is 6.96. The lowest BCUT2D eigenvalue weighted by Crippen LogP contribution is -2.73. The number of phenols is 1. The number of halogens is 17. The molecule has 0 amide bonds. The molecule has 0 fully saturated rings.